The van der Waals surface area contributed by atoms with Crippen LogP contribution in [0.25, 0.3) is 33.7 Å². The molecule has 7 aromatic carbocycles. The fourth-order valence-corrected chi connectivity index (χ4v) is 9.75. The van der Waals surface area contributed by atoms with Crippen molar-refractivity contribution in [1.29, 1.82) is 0 Å². The third kappa shape index (κ3) is 13.5. The molecule has 0 bridgehead atoms. The van der Waals surface area contributed by atoms with E-state index in [1.165, 1.54) is 20.3 Å². The lowest BCUT2D eigenvalue weighted by Gasteiger charge is -2.36. The Bertz CT molecular complexity index is 2770. The SMILES string of the molecule is COC(=O)[C@@H](CSC(c1ccccc1)(c1ccccc1)c1ccccc1)NC(=O)/C=C/c1ccc2cc(O)ccc2c1.COC(=O)[C@H]1CSC(/C=C/c2ccc3cc(O)ccc3c2)=N1.ClCCl. The number of hydrogen-bond acceptors (Lipinski definition) is 10. The van der Waals surface area contributed by atoms with Crippen LogP contribution in [-0.4, -0.2) is 76.3 Å². The number of phenolic OH excluding ortho intramolecular Hbond substituents is 2. The average Bonchev–Trinajstić information content (AvgIpc) is 3.85. The Morgan fingerprint density at radius 3 is 1.63 bits per heavy atom. The van der Waals surface area contributed by atoms with Crippen molar-refractivity contribution in [2.24, 2.45) is 4.99 Å². The first kappa shape index (κ1) is 49.9. The summed E-state index contributed by atoms with van der Waals surface area (Å²) in [5.74, 6) is 0.156. The molecule has 8 rings (SSSR count). The van der Waals surface area contributed by atoms with E-state index in [9.17, 15) is 24.6 Å². The third-order valence-corrected chi connectivity index (χ3v) is 13.2. The first-order valence-electron chi connectivity index (χ1n) is 21.0. The number of amides is 1. The molecule has 2 atom stereocenters. The minimum atomic E-state index is -0.882. The van der Waals surface area contributed by atoms with E-state index >= 15 is 0 Å². The second-order valence-corrected chi connectivity index (χ2v) is 17.9. The maximum absolute atomic E-state index is 13.0. The highest BCUT2D eigenvalue weighted by Crippen LogP contribution is 2.48. The summed E-state index contributed by atoms with van der Waals surface area (Å²) < 4.78 is 9.16. The van der Waals surface area contributed by atoms with E-state index in [0.29, 0.717) is 5.75 Å². The molecule has 0 spiro atoms. The number of thioether (sulfide) groups is 2. The Morgan fingerprint density at radius 1 is 0.687 bits per heavy atom. The van der Waals surface area contributed by atoms with Gasteiger partial charge in [-0.25, -0.2) is 9.59 Å². The van der Waals surface area contributed by atoms with Gasteiger partial charge in [0.1, 0.15) is 17.5 Å². The number of hydrogen-bond donors (Lipinski definition) is 3. The number of nitrogens with zero attached hydrogens (tertiary/aromatic N) is 1. The number of fused-ring (bicyclic) bond motifs is 2. The standard InChI is InChI=1S/C36H31NO4S.C17H15NO3S.CH2Cl2/c1-41-35(40)33(37-34(39)22-18-26-17-19-28-24-32(38)21-20-27(28)23-26)25-42-36(29-11-5-2-6-12-29,30-13-7-3-8-14-30)31-15-9-4-10-16-31;1-21-17(20)15-10-22-16(18-15)7-3-11-2-4-13-9-14(19)6-5-12(13)8-11;2-1-3/h2-24,33,38H,25H2,1H3,(H,37,39);2-9,15,19H,10H2,1H3;1H2/b22-18+;7-3+;/t33-;15-;/m11./s1. The molecule has 0 saturated carbocycles. The third-order valence-electron chi connectivity index (χ3n) is 10.5. The van der Waals surface area contributed by atoms with E-state index in [0.717, 1.165) is 54.4 Å². The molecule has 13 heteroatoms. The number of methoxy groups -OCH3 is 2. The van der Waals surface area contributed by atoms with E-state index in [-0.39, 0.29) is 28.6 Å². The molecule has 0 saturated heterocycles. The van der Waals surface area contributed by atoms with Crippen molar-refractivity contribution in [3.05, 3.63) is 204 Å². The Kier molecular flexibility index (Phi) is 18.5. The van der Waals surface area contributed by atoms with Crippen LogP contribution in [0.5, 0.6) is 11.5 Å². The van der Waals surface area contributed by atoms with Gasteiger partial charge in [-0.2, -0.15) is 0 Å². The van der Waals surface area contributed by atoms with Gasteiger partial charge in [0.25, 0.3) is 0 Å². The van der Waals surface area contributed by atoms with Gasteiger partial charge in [-0.15, -0.1) is 46.7 Å². The lowest BCUT2D eigenvalue weighted by molar-refractivity contribution is -0.144. The van der Waals surface area contributed by atoms with Crippen molar-refractivity contribution < 1.29 is 34.1 Å². The Hall–Kier alpha value is -6.50. The van der Waals surface area contributed by atoms with Gasteiger partial charge in [0.05, 0.1) is 29.3 Å². The molecule has 7 aromatic rings. The van der Waals surface area contributed by atoms with Crippen LogP contribution in [0, 0.1) is 0 Å². The first-order valence-corrected chi connectivity index (χ1v) is 24.0. The van der Waals surface area contributed by atoms with Crippen LogP contribution in [0.4, 0.5) is 0 Å². The number of aliphatic imine (C=N–C) groups is 1. The van der Waals surface area contributed by atoms with E-state index in [2.05, 4.69) is 46.7 Å². The molecule has 1 aliphatic heterocycles. The lowest BCUT2D eigenvalue weighted by atomic mass is 9.84. The summed E-state index contributed by atoms with van der Waals surface area (Å²) in [6.07, 6.45) is 7.00. The van der Waals surface area contributed by atoms with Crippen LogP contribution < -0.4 is 5.32 Å². The molecule has 0 aliphatic carbocycles. The summed E-state index contributed by atoms with van der Waals surface area (Å²) in [5, 5.41) is 27.0. The van der Waals surface area contributed by atoms with Gasteiger partial charge in [0, 0.05) is 17.6 Å². The largest absolute Gasteiger partial charge is 0.508 e. The second kappa shape index (κ2) is 24.9. The predicted molar refractivity (Wildman–Crippen MR) is 277 cm³/mol. The molecule has 3 N–H and O–H groups in total. The summed E-state index contributed by atoms with van der Waals surface area (Å²) in [6.45, 7) is 0. The summed E-state index contributed by atoms with van der Waals surface area (Å²) in [7, 11) is 2.71. The number of carbonyl (C=O) groups is 3. The van der Waals surface area contributed by atoms with Crippen LogP contribution in [-0.2, 0) is 28.6 Å². The number of esters is 2. The monoisotopic (exact) mass is 970 g/mol. The van der Waals surface area contributed by atoms with Crippen molar-refractivity contribution >= 4 is 103 Å². The maximum atomic E-state index is 13.0. The smallest absolute Gasteiger partial charge is 0.331 e. The number of phenols is 2. The minimum absolute atomic E-state index is 0.194. The number of aromatic hydroxyl groups is 2. The summed E-state index contributed by atoms with van der Waals surface area (Å²) in [4.78, 5) is 41.7. The molecule has 1 heterocycles. The molecule has 0 aromatic heterocycles. The van der Waals surface area contributed by atoms with Crippen LogP contribution in [0.15, 0.2) is 181 Å². The van der Waals surface area contributed by atoms with Crippen molar-refractivity contribution in [2.45, 2.75) is 16.8 Å². The van der Waals surface area contributed by atoms with E-state index < -0.39 is 28.7 Å². The van der Waals surface area contributed by atoms with Gasteiger partial charge in [-0.05, 0) is 97.9 Å². The zero-order valence-electron chi connectivity index (χ0n) is 36.6. The van der Waals surface area contributed by atoms with Gasteiger partial charge >= 0.3 is 11.9 Å². The number of rotatable bonds is 13. The summed E-state index contributed by atoms with van der Waals surface area (Å²) in [5.41, 5.74) is 5.05. The normalized spacial score (nSPS) is 13.8. The molecule has 9 nitrogen and oxygen atoms in total. The highest BCUT2D eigenvalue weighted by molar-refractivity contribution is 8.14. The molecule has 67 heavy (non-hydrogen) atoms. The quantitative estimate of drug-likeness (QED) is 0.0447. The topological polar surface area (TPSA) is 135 Å². The second-order valence-electron chi connectivity index (χ2n) is 14.8. The van der Waals surface area contributed by atoms with Crippen molar-refractivity contribution in [1.82, 2.24) is 5.32 Å². The summed E-state index contributed by atoms with van der Waals surface area (Å²) in [6, 6.07) is 51.4. The van der Waals surface area contributed by atoms with Gasteiger partial charge < -0.3 is 25.0 Å². The number of carbonyl (C=O) groups excluding carboxylic acids is 3. The number of alkyl halides is 2. The van der Waals surface area contributed by atoms with Crippen molar-refractivity contribution in [3.8, 4) is 11.5 Å². The van der Waals surface area contributed by atoms with Crippen LogP contribution in [0.3, 0.4) is 0 Å². The van der Waals surface area contributed by atoms with Gasteiger partial charge in [-0.3, -0.25) is 9.79 Å². The zero-order valence-corrected chi connectivity index (χ0v) is 39.8. The van der Waals surface area contributed by atoms with Crippen LogP contribution in [0.1, 0.15) is 27.8 Å². The molecule has 0 unspecified atom stereocenters. The molecular formula is C54H48Cl2N2O7S2. The number of nitrogens with one attached hydrogen (secondary N) is 1. The fraction of sp³-hybridized carbons (Fsp3) is 0.148. The average molecular weight is 972 g/mol. The number of halogens is 2. The zero-order chi connectivity index (χ0) is 47.6. The van der Waals surface area contributed by atoms with Gasteiger partial charge in [0.2, 0.25) is 5.91 Å². The summed E-state index contributed by atoms with van der Waals surface area (Å²) >= 11 is 12.7. The number of ether oxygens (including phenoxy) is 2. The van der Waals surface area contributed by atoms with Crippen LogP contribution >= 0.6 is 46.7 Å². The van der Waals surface area contributed by atoms with E-state index in [1.807, 2.05) is 115 Å². The molecule has 1 aliphatic rings. The van der Waals surface area contributed by atoms with Crippen LogP contribution in [0.2, 0.25) is 0 Å². The molecule has 1 amide bonds. The molecule has 342 valence electrons. The molecular weight excluding hydrogens is 924 g/mol. The van der Waals surface area contributed by atoms with E-state index in [1.54, 1.807) is 53.9 Å². The van der Waals surface area contributed by atoms with Crippen molar-refractivity contribution in [2.75, 3.05) is 31.1 Å². The van der Waals surface area contributed by atoms with Gasteiger partial charge in [0.15, 0.2) is 6.04 Å². The molecule has 0 fully saturated rings. The highest BCUT2D eigenvalue weighted by atomic mass is 35.5. The van der Waals surface area contributed by atoms with Gasteiger partial charge in [-0.1, -0.05) is 133 Å². The minimum Gasteiger partial charge on any atom is -0.508 e. The lowest BCUT2D eigenvalue weighted by Crippen LogP contribution is -2.43. The maximum Gasteiger partial charge on any atom is 0.331 e. The number of benzene rings is 7. The van der Waals surface area contributed by atoms with E-state index in [4.69, 9.17) is 32.7 Å². The Balaban J connectivity index is 0.000000247. The predicted octanol–water partition coefficient (Wildman–Crippen LogP) is 11.6. The fourth-order valence-electron chi connectivity index (χ4n) is 7.30. The van der Waals surface area contributed by atoms with Crippen molar-refractivity contribution in [3.63, 3.8) is 0 Å². The highest BCUT2D eigenvalue weighted by Gasteiger charge is 2.38. The molecule has 0 radical (unpaired) electrons. The Morgan fingerprint density at radius 2 is 1.15 bits per heavy atom. The Labute approximate surface area is 408 Å². The first-order chi connectivity index (χ1) is 32.6.